The molecule has 2 unspecified atom stereocenters. The molecule has 0 aromatic heterocycles. The Morgan fingerprint density at radius 3 is 2.26 bits per heavy atom. The Bertz CT molecular complexity index is 911. The summed E-state index contributed by atoms with van der Waals surface area (Å²) in [5.41, 5.74) is 5.67. The lowest BCUT2D eigenvalue weighted by Crippen LogP contribution is -2.52. The molecule has 0 bridgehead atoms. The second kappa shape index (κ2) is 12.6. The molecule has 0 aliphatic carbocycles. The quantitative estimate of drug-likeness (QED) is 0.422. The molecule has 0 radical (unpaired) electrons. The van der Waals surface area contributed by atoms with Crippen LogP contribution in [0.1, 0.15) is 50.8 Å². The highest BCUT2D eigenvalue weighted by molar-refractivity contribution is 5.93. The number of ether oxygens (including phenoxy) is 2. The average molecular weight is 479 g/mol. The van der Waals surface area contributed by atoms with Crippen molar-refractivity contribution in [2.45, 2.75) is 58.2 Å². The first-order valence-electron chi connectivity index (χ1n) is 10.7. The maximum Gasteiger partial charge on any atom is 0.408 e. The molecule has 11 heteroatoms. The zero-order chi connectivity index (χ0) is 26.1. The van der Waals surface area contributed by atoms with Crippen molar-refractivity contribution in [1.82, 2.24) is 15.5 Å². The Morgan fingerprint density at radius 2 is 1.74 bits per heavy atom. The molecule has 4 N–H and O–H groups in total. The van der Waals surface area contributed by atoms with E-state index in [4.69, 9.17) is 10.5 Å². The summed E-state index contributed by atoms with van der Waals surface area (Å²) < 4.78 is 9.78. The number of aryl methyl sites for hydroxylation is 1. The fourth-order valence-corrected chi connectivity index (χ4v) is 3.11. The van der Waals surface area contributed by atoms with Crippen LogP contribution in [0.15, 0.2) is 24.3 Å². The molecule has 188 valence electrons. The molecule has 34 heavy (non-hydrogen) atoms. The molecule has 11 nitrogen and oxygen atoms in total. The topological polar surface area (TPSA) is 157 Å². The van der Waals surface area contributed by atoms with E-state index in [2.05, 4.69) is 15.4 Å². The van der Waals surface area contributed by atoms with Crippen molar-refractivity contribution >= 4 is 29.8 Å². The van der Waals surface area contributed by atoms with Crippen LogP contribution in [-0.4, -0.2) is 67.0 Å². The number of amides is 4. The maximum absolute atomic E-state index is 13.4. The monoisotopic (exact) mass is 478 g/mol. The highest BCUT2D eigenvalue weighted by atomic mass is 16.6. The minimum absolute atomic E-state index is 0.0952. The molecule has 0 heterocycles. The van der Waals surface area contributed by atoms with E-state index in [1.54, 1.807) is 52.0 Å². The van der Waals surface area contributed by atoms with Gasteiger partial charge in [0.2, 0.25) is 17.7 Å². The molecule has 2 atom stereocenters. The molecule has 0 saturated carbocycles. The number of rotatable bonds is 10. The van der Waals surface area contributed by atoms with E-state index in [0.29, 0.717) is 5.56 Å². The number of likely N-dealkylation sites (N-methyl/N-ethyl adjacent to an activating group) is 1. The molecule has 0 aliphatic heterocycles. The first-order valence-corrected chi connectivity index (χ1v) is 10.7. The minimum Gasteiger partial charge on any atom is -0.468 e. The van der Waals surface area contributed by atoms with Crippen LogP contribution in [0.25, 0.3) is 0 Å². The third kappa shape index (κ3) is 9.08. The molecule has 0 aliphatic rings. The van der Waals surface area contributed by atoms with E-state index < -0.39 is 47.5 Å². The Kier molecular flexibility index (Phi) is 10.5. The second-order valence-corrected chi connectivity index (χ2v) is 8.71. The number of carbonyl (C=O) groups excluding carboxylic acids is 5. The highest BCUT2D eigenvalue weighted by Gasteiger charge is 2.35. The van der Waals surface area contributed by atoms with Crippen molar-refractivity contribution in [1.29, 1.82) is 0 Å². The van der Waals surface area contributed by atoms with E-state index in [0.717, 1.165) is 10.5 Å². The van der Waals surface area contributed by atoms with Crippen molar-refractivity contribution in [3.05, 3.63) is 35.4 Å². The number of esters is 1. The van der Waals surface area contributed by atoms with Crippen molar-refractivity contribution in [2.24, 2.45) is 5.73 Å². The van der Waals surface area contributed by atoms with Gasteiger partial charge in [0, 0.05) is 13.5 Å². The Balaban J connectivity index is 3.26. The van der Waals surface area contributed by atoms with E-state index in [1.165, 1.54) is 14.2 Å². The van der Waals surface area contributed by atoms with Gasteiger partial charge in [-0.2, -0.15) is 0 Å². The molecule has 0 saturated heterocycles. The number of primary amides is 1. The van der Waals surface area contributed by atoms with Gasteiger partial charge in [-0.3, -0.25) is 19.2 Å². The van der Waals surface area contributed by atoms with Gasteiger partial charge in [-0.15, -0.1) is 0 Å². The second-order valence-electron chi connectivity index (χ2n) is 8.71. The summed E-state index contributed by atoms with van der Waals surface area (Å²) >= 11 is 0. The molecule has 1 aromatic rings. The molecule has 1 aromatic carbocycles. The Morgan fingerprint density at radius 1 is 1.12 bits per heavy atom. The molecule has 1 rings (SSSR count). The minimum atomic E-state index is -1.19. The van der Waals surface area contributed by atoms with Gasteiger partial charge in [0.25, 0.3) is 0 Å². The van der Waals surface area contributed by atoms with Crippen LogP contribution in [0.3, 0.4) is 0 Å². The first kappa shape index (κ1) is 28.4. The summed E-state index contributed by atoms with van der Waals surface area (Å²) in [6.45, 7) is 6.38. The number of benzene rings is 1. The van der Waals surface area contributed by atoms with Crippen LogP contribution in [0.4, 0.5) is 4.79 Å². The fourth-order valence-electron chi connectivity index (χ4n) is 3.11. The summed E-state index contributed by atoms with van der Waals surface area (Å²) in [6.07, 6.45) is -1.13. The van der Waals surface area contributed by atoms with Crippen LogP contribution < -0.4 is 16.4 Å². The standard InChI is InChI=1S/C23H34N4O7/c1-14-9-7-8-10-15(14)19(20(30)25-13-18(29)33-6)27(5)21(31)16(11-12-17(24)28)26-22(32)34-23(2,3)4/h7-10,16,19H,11-13H2,1-6H3,(H2,24,28)(H,25,30)(H,26,32). The largest absolute Gasteiger partial charge is 0.468 e. The SMILES string of the molecule is COC(=O)CNC(=O)C(c1ccccc1C)N(C)C(=O)C(CCC(N)=O)NC(=O)OC(C)(C)C. The van der Waals surface area contributed by atoms with Gasteiger partial charge in [-0.1, -0.05) is 24.3 Å². The van der Waals surface area contributed by atoms with Gasteiger partial charge in [0.1, 0.15) is 24.2 Å². The van der Waals surface area contributed by atoms with Gasteiger partial charge < -0.3 is 30.7 Å². The predicted octanol–water partition coefficient (Wildman–Crippen LogP) is 0.943. The van der Waals surface area contributed by atoms with Gasteiger partial charge in [-0.05, 0) is 45.2 Å². The van der Waals surface area contributed by atoms with Gasteiger partial charge in [0.15, 0.2) is 0 Å². The zero-order valence-corrected chi connectivity index (χ0v) is 20.5. The summed E-state index contributed by atoms with van der Waals surface area (Å²) in [5.74, 6) is -2.58. The zero-order valence-electron chi connectivity index (χ0n) is 20.5. The lowest BCUT2D eigenvalue weighted by molar-refractivity contribution is -0.143. The van der Waals surface area contributed by atoms with Crippen molar-refractivity contribution in [3.63, 3.8) is 0 Å². The number of nitrogens with zero attached hydrogens (tertiary/aromatic N) is 1. The smallest absolute Gasteiger partial charge is 0.408 e. The van der Waals surface area contributed by atoms with E-state index in [1.807, 2.05) is 0 Å². The molecular formula is C23H34N4O7. The number of carbonyl (C=O) groups is 5. The Labute approximate surface area is 199 Å². The number of nitrogens with one attached hydrogen (secondary N) is 2. The summed E-state index contributed by atoms with van der Waals surface area (Å²) in [7, 11) is 2.58. The van der Waals surface area contributed by atoms with Gasteiger partial charge in [-0.25, -0.2) is 4.79 Å². The summed E-state index contributed by atoms with van der Waals surface area (Å²) in [4.78, 5) is 62.8. The van der Waals surface area contributed by atoms with Gasteiger partial charge in [0.05, 0.1) is 7.11 Å². The lowest BCUT2D eigenvalue weighted by Gasteiger charge is -2.32. The van der Waals surface area contributed by atoms with E-state index in [-0.39, 0.29) is 19.4 Å². The maximum atomic E-state index is 13.4. The molecule has 0 fully saturated rings. The number of methoxy groups -OCH3 is 1. The van der Waals surface area contributed by atoms with Crippen molar-refractivity contribution in [3.8, 4) is 0 Å². The van der Waals surface area contributed by atoms with E-state index in [9.17, 15) is 24.0 Å². The number of nitrogens with two attached hydrogens (primary N) is 1. The van der Waals surface area contributed by atoms with E-state index >= 15 is 0 Å². The lowest BCUT2D eigenvalue weighted by atomic mass is 9.98. The van der Waals surface area contributed by atoms with Crippen LogP contribution in [-0.2, 0) is 28.7 Å². The van der Waals surface area contributed by atoms with Crippen LogP contribution >= 0.6 is 0 Å². The van der Waals surface area contributed by atoms with Gasteiger partial charge >= 0.3 is 12.1 Å². The third-order valence-corrected chi connectivity index (χ3v) is 4.77. The molecule has 4 amide bonds. The number of alkyl carbamates (subject to hydrolysis) is 1. The normalized spacial score (nSPS) is 12.6. The first-order chi connectivity index (χ1) is 15.8. The molecule has 0 spiro atoms. The average Bonchev–Trinajstić information content (AvgIpc) is 2.74. The predicted molar refractivity (Wildman–Crippen MR) is 123 cm³/mol. The van der Waals surface area contributed by atoms with Crippen molar-refractivity contribution in [2.75, 3.05) is 20.7 Å². The summed E-state index contributed by atoms with van der Waals surface area (Å²) in [5, 5.41) is 4.93. The number of hydrogen-bond donors (Lipinski definition) is 3. The summed E-state index contributed by atoms with van der Waals surface area (Å²) in [6, 6.07) is 4.63. The van der Waals surface area contributed by atoms with Crippen LogP contribution in [0, 0.1) is 6.92 Å². The van der Waals surface area contributed by atoms with Crippen molar-refractivity contribution < 1.29 is 33.4 Å². The van der Waals surface area contributed by atoms with Crippen LogP contribution in [0.5, 0.6) is 0 Å². The third-order valence-electron chi connectivity index (χ3n) is 4.77. The fraction of sp³-hybridized carbons (Fsp3) is 0.522. The molecular weight excluding hydrogens is 444 g/mol. The Hall–Kier alpha value is -3.63. The highest BCUT2D eigenvalue weighted by Crippen LogP contribution is 2.24. The number of hydrogen-bond acceptors (Lipinski definition) is 7. The van der Waals surface area contributed by atoms with Crippen LogP contribution in [0.2, 0.25) is 0 Å².